The summed E-state index contributed by atoms with van der Waals surface area (Å²) in [5.74, 6) is -0.380. The minimum absolute atomic E-state index is 0.167. The van der Waals surface area contributed by atoms with Crippen molar-refractivity contribution in [2.75, 3.05) is 7.11 Å². The molecular weight excluding hydrogens is 781 g/mol. The Morgan fingerprint density at radius 3 is 1.92 bits per heavy atom. The van der Waals surface area contributed by atoms with Crippen molar-refractivity contribution >= 4 is 44.8 Å². The molecule has 8 aromatic carbocycles. The second-order valence-corrected chi connectivity index (χ2v) is 15.3. The molecule has 0 aromatic heterocycles. The molecule has 8 aromatic rings. The molecule has 0 amide bonds. The number of allylic oxidation sites excluding steroid dienone is 7. The third-order valence-corrected chi connectivity index (χ3v) is 11.5. The Balaban J connectivity index is 0.00000302. The van der Waals surface area contributed by atoms with Gasteiger partial charge >= 0.3 is 0 Å². The van der Waals surface area contributed by atoms with E-state index in [1.807, 2.05) is 49.4 Å². The molecule has 0 heterocycles. The first-order valence-corrected chi connectivity index (χ1v) is 21.3. The Labute approximate surface area is 377 Å². The third-order valence-electron chi connectivity index (χ3n) is 11.5. The molecule has 0 spiro atoms. The minimum atomic E-state index is -0.214. The predicted molar refractivity (Wildman–Crippen MR) is 276 cm³/mol. The van der Waals surface area contributed by atoms with Gasteiger partial charge in [0.1, 0.15) is 5.76 Å². The van der Waals surface area contributed by atoms with Crippen LogP contribution >= 0.6 is 0 Å². The molecule has 0 unspecified atom stereocenters. The first-order chi connectivity index (χ1) is 31.3. The molecule has 0 saturated carbocycles. The molecule has 64 heavy (non-hydrogen) atoms. The average Bonchev–Trinajstić information content (AvgIpc) is 3.35. The van der Waals surface area contributed by atoms with Crippen LogP contribution in [0.15, 0.2) is 225 Å². The van der Waals surface area contributed by atoms with Gasteiger partial charge in [-0.1, -0.05) is 196 Å². The molecule has 0 aliphatic carbocycles. The van der Waals surface area contributed by atoms with Crippen LogP contribution in [0.2, 0.25) is 0 Å². The van der Waals surface area contributed by atoms with Gasteiger partial charge in [0.15, 0.2) is 5.76 Å². The zero-order valence-corrected chi connectivity index (χ0v) is 36.6. The maximum atomic E-state index is 10.8. The van der Waals surface area contributed by atoms with Crippen LogP contribution in [0.3, 0.4) is 0 Å². The number of hydrogen-bond donors (Lipinski definition) is 3. The van der Waals surface area contributed by atoms with Crippen molar-refractivity contribution in [2.24, 2.45) is 0 Å². The lowest BCUT2D eigenvalue weighted by atomic mass is 9.83. The highest BCUT2D eigenvalue weighted by Crippen LogP contribution is 2.44. The van der Waals surface area contributed by atoms with E-state index < -0.39 is 0 Å². The second-order valence-electron chi connectivity index (χ2n) is 15.3. The number of fused-ring (bicyclic) bond motifs is 2. The Kier molecular flexibility index (Phi) is 14.0. The fourth-order valence-electron chi connectivity index (χ4n) is 8.35. The highest BCUT2D eigenvalue weighted by molar-refractivity contribution is 6.09. The summed E-state index contributed by atoms with van der Waals surface area (Å²) in [6, 6.07) is 58.1. The zero-order valence-electron chi connectivity index (χ0n) is 36.6. The van der Waals surface area contributed by atoms with E-state index in [-0.39, 0.29) is 11.5 Å². The molecule has 3 N–H and O–H groups in total. The fraction of sp³-hybridized carbons (Fsp3) is 0.0492. The minimum Gasteiger partial charge on any atom is -0.509 e. The van der Waals surface area contributed by atoms with Gasteiger partial charge in [-0.3, -0.25) is 0 Å². The summed E-state index contributed by atoms with van der Waals surface area (Å²) >= 11 is 0. The normalized spacial score (nSPS) is 12.0. The van der Waals surface area contributed by atoms with E-state index >= 15 is 0 Å². The van der Waals surface area contributed by atoms with E-state index in [1.54, 1.807) is 12.2 Å². The fourth-order valence-corrected chi connectivity index (χ4v) is 8.35. The Morgan fingerprint density at radius 1 is 0.531 bits per heavy atom. The lowest BCUT2D eigenvalue weighted by molar-refractivity contribution is 0.340. The van der Waals surface area contributed by atoms with Crippen molar-refractivity contribution in [3.05, 3.63) is 253 Å². The van der Waals surface area contributed by atoms with Gasteiger partial charge in [0, 0.05) is 7.11 Å². The highest BCUT2D eigenvalue weighted by atomic mass is 16.3. The smallest absolute Gasteiger partial charge is 0.153 e. The summed E-state index contributed by atoms with van der Waals surface area (Å²) in [7, 11) is 1.00. The van der Waals surface area contributed by atoms with Crippen molar-refractivity contribution in [2.45, 2.75) is 13.8 Å². The summed E-state index contributed by atoms with van der Waals surface area (Å²) in [5.41, 5.74) is 15.3. The van der Waals surface area contributed by atoms with E-state index in [0.29, 0.717) is 5.57 Å². The van der Waals surface area contributed by atoms with Crippen LogP contribution in [-0.2, 0) is 0 Å². The maximum Gasteiger partial charge on any atom is 0.153 e. The monoisotopic (exact) mass is 832 g/mol. The molecule has 3 nitrogen and oxygen atoms in total. The van der Waals surface area contributed by atoms with Gasteiger partial charge in [-0.25, -0.2) is 0 Å². The molecule has 0 radical (unpaired) electrons. The average molecular weight is 833 g/mol. The molecule has 0 aliphatic rings. The number of benzene rings is 8. The summed E-state index contributed by atoms with van der Waals surface area (Å²) < 4.78 is 0. The molecule has 314 valence electrons. The SMILES string of the molecule is C=C/C(=C\C(O)=C(/C)O)c1c(/C=C\C=C/C)cc(-c2cc(-c3cccc(-c4cccc5ccccc45)c3)ccc2-c2cccc(C(=C)c3ccccc3C=C)c2)c2ccccc12.CO. The Morgan fingerprint density at radius 2 is 1.17 bits per heavy atom. The molecule has 8 rings (SSSR count). The van der Waals surface area contributed by atoms with Crippen LogP contribution in [-0.4, -0.2) is 22.4 Å². The zero-order chi connectivity index (χ0) is 45.2. The molecule has 0 aliphatic heterocycles. The third kappa shape index (κ3) is 9.12. The molecule has 0 saturated heterocycles. The second kappa shape index (κ2) is 20.3. The number of aliphatic hydroxyl groups excluding tert-OH is 3. The van der Waals surface area contributed by atoms with Crippen LogP contribution in [0, 0.1) is 0 Å². The van der Waals surface area contributed by atoms with Gasteiger partial charge in [-0.2, -0.15) is 0 Å². The van der Waals surface area contributed by atoms with Gasteiger partial charge in [0.2, 0.25) is 0 Å². The van der Waals surface area contributed by atoms with E-state index in [4.69, 9.17) is 5.11 Å². The number of rotatable bonds is 12. The standard InChI is InChI=1S/C60H48O2.CH4O/c1-6-9-10-22-50-38-58(55-30-15-16-31-56(55)60(50)43(8-3)39-59(62)41(5)61)57-37-47(46-25-18-27-49(36-46)53-32-19-23-44-21-12-14-29-52(44)53)33-34-54(57)48-26-17-24-45(35-48)40(4)51-28-13-11-20-42(51)7-2;1-2/h6-39,61-62H,2-4H2,1,5H3;2H,1H3/b9-6-,22-10-,43-39+,59-41-;. The van der Waals surface area contributed by atoms with E-state index in [0.717, 1.165) is 90.2 Å². The van der Waals surface area contributed by atoms with Crippen LogP contribution in [0.5, 0.6) is 0 Å². The van der Waals surface area contributed by atoms with E-state index in [1.165, 1.54) is 23.3 Å². The lowest BCUT2D eigenvalue weighted by Crippen LogP contribution is -1.96. The van der Waals surface area contributed by atoms with Crippen molar-refractivity contribution in [3.8, 4) is 44.5 Å². The lowest BCUT2D eigenvalue weighted by Gasteiger charge is -2.20. The Hall–Kier alpha value is -7.98. The first-order valence-electron chi connectivity index (χ1n) is 21.3. The Bertz CT molecular complexity index is 3160. The van der Waals surface area contributed by atoms with Gasteiger partial charge in [0.25, 0.3) is 0 Å². The predicted octanol–water partition coefficient (Wildman–Crippen LogP) is 16.5. The van der Waals surface area contributed by atoms with Crippen molar-refractivity contribution in [3.63, 3.8) is 0 Å². The topological polar surface area (TPSA) is 60.7 Å². The van der Waals surface area contributed by atoms with Gasteiger partial charge in [-0.05, 0) is 149 Å². The molecular formula is C61H52O3. The van der Waals surface area contributed by atoms with E-state index in [2.05, 4.69) is 171 Å². The van der Waals surface area contributed by atoms with Crippen LogP contribution < -0.4 is 0 Å². The van der Waals surface area contributed by atoms with Crippen LogP contribution in [0.4, 0.5) is 0 Å². The molecule has 0 fully saturated rings. The first kappa shape index (κ1) is 44.1. The molecule has 0 bridgehead atoms. The summed E-state index contributed by atoms with van der Waals surface area (Å²) in [6.07, 6.45) is 13.3. The highest BCUT2D eigenvalue weighted by Gasteiger charge is 2.19. The summed E-state index contributed by atoms with van der Waals surface area (Å²) in [4.78, 5) is 0. The van der Waals surface area contributed by atoms with Crippen LogP contribution in [0.25, 0.3) is 89.4 Å². The number of hydrogen-bond acceptors (Lipinski definition) is 3. The van der Waals surface area contributed by atoms with E-state index in [9.17, 15) is 10.2 Å². The van der Waals surface area contributed by atoms with Gasteiger partial charge in [-0.15, -0.1) is 0 Å². The summed E-state index contributed by atoms with van der Waals surface area (Å²) in [5, 5.41) is 32.4. The van der Waals surface area contributed by atoms with Crippen molar-refractivity contribution < 1.29 is 15.3 Å². The maximum absolute atomic E-state index is 10.8. The van der Waals surface area contributed by atoms with Gasteiger partial charge in [0.05, 0.1) is 0 Å². The largest absolute Gasteiger partial charge is 0.509 e. The number of aliphatic hydroxyl groups is 3. The van der Waals surface area contributed by atoms with Crippen molar-refractivity contribution in [1.82, 2.24) is 0 Å². The van der Waals surface area contributed by atoms with Gasteiger partial charge < -0.3 is 15.3 Å². The van der Waals surface area contributed by atoms with Crippen molar-refractivity contribution in [1.29, 1.82) is 0 Å². The summed E-state index contributed by atoms with van der Waals surface area (Å²) in [6.45, 7) is 16.2. The molecule has 0 atom stereocenters. The molecule has 3 heteroatoms. The van der Waals surface area contributed by atoms with Crippen LogP contribution in [0.1, 0.15) is 41.7 Å². The quantitative estimate of drug-likeness (QED) is 0.0849.